The second-order valence-electron chi connectivity index (χ2n) is 8.74. The number of aromatic hydroxyl groups is 2. The number of fused-ring (bicyclic) bond motifs is 5. The summed E-state index contributed by atoms with van der Waals surface area (Å²) in [4.78, 5) is 12.4. The van der Waals surface area contributed by atoms with Crippen LogP contribution in [0, 0.1) is 11.3 Å². The lowest BCUT2D eigenvalue weighted by Gasteiger charge is -2.54. The van der Waals surface area contributed by atoms with Crippen molar-refractivity contribution in [2.45, 2.75) is 71.3 Å². The molecule has 3 atom stereocenters. The summed E-state index contributed by atoms with van der Waals surface area (Å²) in [7, 11) is 0. The maximum absolute atomic E-state index is 12.4. The van der Waals surface area contributed by atoms with Crippen LogP contribution in [0.4, 0.5) is 0 Å². The van der Waals surface area contributed by atoms with Crippen LogP contribution in [0.3, 0.4) is 0 Å². The van der Waals surface area contributed by atoms with Crippen molar-refractivity contribution in [3.05, 3.63) is 22.3 Å². The summed E-state index contributed by atoms with van der Waals surface area (Å²) in [6.45, 7) is 8.56. The summed E-state index contributed by atoms with van der Waals surface area (Å²) in [6, 6.07) is 0. The molecule has 1 aromatic carbocycles. The van der Waals surface area contributed by atoms with E-state index in [4.69, 9.17) is 4.74 Å². The molecule has 4 rings (SSSR count). The van der Waals surface area contributed by atoms with E-state index in [9.17, 15) is 15.0 Å². The number of cyclic esters (lactones) is 1. The van der Waals surface area contributed by atoms with Gasteiger partial charge in [-0.1, -0.05) is 27.2 Å². The number of esters is 1. The molecule has 1 saturated carbocycles. The lowest BCUT2D eigenvalue weighted by Crippen LogP contribution is -2.48. The molecule has 3 unspecified atom stereocenters. The molecule has 2 N–H and O–H groups in total. The number of carbonyl (C=O) groups is 1. The van der Waals surface area contributed by atoms with Gasteiger partial charge in [-0.05, 0) is 54.9 Å². The van der Waals surface area contributed by atoms with Crippen LogP contribution in [0.1, 0.15) is 86.5 Å². The van der Waals surface area contributed by atoms with Gasteiger partial charge in [0.15, 0.2) is 11.5 Å². The van der Waals surface area contributed by atoms with Crippen molar-refractivity contribution >= 4 is 5.97 Å². The largest absolute Gasteiger partial charge is 0.504 e. The monoisotopic (exact) mass is 330 g/mol. The summed E-state index contributed by atoms with van der Waals surface area (Å²) >= 11 is 0. The Bertz CT molecular complexity index is 749. The van der Waals surface area contributed by atoms with E-state index in [-0.39, 0.29) is 28.3 Å². The Balaban J connectivity index is 2.01. The molecule has 4 nitrogen and oxygen atoms in total. The summed E-state index contributed by atoms with van der Waals surface area (Å²) in [5, 5.41) is 21.5. The van der Waals surface area contributed by atoms with Crippen LogP contribution in [-0.2, 0) is 16.6 Å². The van der Waals surface area contributed by atoms with Crippen molar-refractivity contribution in [1.29, 1.82) is 0 Å². The fourth-order valence-corrected chi connectivity index (χ4v) is 5.99. The molecule has 1 fully saturated rings. The topological polar surface area (TPSA) is 66.8 Å². The van der Waals surface area contributed by atoms with Crippen molar-refractivity contribution in [1.82, 2.24) is 0 Å². The van der Waals surface area contributed by atoms with Crippen LogP contribution in [0.5, 0.6) is 11.5 Å². The third kappa shape index (κ3) is 1.77. The molecule has 0 radical (unpaired) electrons. The Morgan fingerprint density at radius 2 is 1.83 bits per heavy atom. The standard InChI is InChI=1S/C20H26O4/c1-10-13-14(18(23)24-10)11-6-7-12-19(2,3)8-5-9-20(12,4)15(11)17(22)16(13)21/h10,12,21-22H,5-9H2,1-4H3. The first-order valence-electron chi connectivity index (χ1n) is 9.00. The number of phenolic OH excluding ortho intramolecular Hbond substituents is 2. The molecule has 3 aliphatic rings. The van der Waals surface area contributed by atoms with Crippen molar-refractivity contribution in [2.75, 3.05) is 0 Å². The smallest absolute Gasteiger partial charge is 0.339 e. The van der Waals surface area contributed by atoms with E-state index in [0.717, 1.165) is 36.8 Å². The van der Waals surface area contributed by atoms with Gasteiger partial charge in [0.1, 0.15) is 6.10 Å². The van der Waals surface area contributed by atoms with Crippen LogP contribution in [0.2, 0.25) is 0 Å². The molecule has 24 heavy (non-hydrogen) atoms. The van der Waals surface area contributed by atoms with E-state index in [1.165, 1.54) is 6.42 Å². The molecular formula is C20H26O4. The molecule has 0 bridgehead atoms. The van der Waals surface area contributed by atoms with Gasteiger partial charge in [0.05, 0.1) is 11.1 Å². The Hall–Kier alpha value is -1.71. The molecule has 0 saturated heterocycles. The highest BCUT2D eigenvalue weighted by atomic mass is 16.5. The zero-order chi connectivity index (χ0) is 17.4. The minimum Gasteiger partial charge on any atom is -0.504 e. The first kappa shape index (κ1) is 15.8. The van der Waals surface area contributed by atoms with E-state index >= 15 is 0 Å². The van der Waals surface area contributed by atoms with Crippen LogP contribution in [-0.4, -0.2) is 16.2 Å². The van der Waals surface area contributed by atoms with Gasteiger partial charge < -0.3 is 14.9 Å². The zero-order valence-corrected chi connectivity index (χ0v) is 14.9. The van der Waals surface area contributed by atoms with Crippen LogP contribution in [0.25, 0.3) is 0 Å². The summed E-state index contributed by atoms with van der Waals surface area (Å²) in [5.74, 6) is -0.114. The average Bonchev–Trinajstić information content (AvgIpc) is 2.78. The SMILES string of the molecule is CC1OC(=O)c2c3c(c(O)c(O)c21)C1(C)CCCC(C)(C)C1CC3. The molecular weight excluding hydrogens is 304 g/mol. The van der Waals surface area contributed by atoms with Gasteiger partial charge >= 0.3 is 5.97 Å². The summed E-state index contributed by atoms with van der Waals surface area (Å²) < 4.78 is 5.33. The van der Waals surface area contributed by atoms with Crippen molar-refractivity contribution in [3.63, 3.8) is 0 Å². The first-order valence-corrected chi connectivity index (χ1v) is 9.00. The lowest BCUT2D eigenvalue weighted by molar-refractivity contribution is 0.0380. The predicted molar refractivity (Wildman–Crippen MR) is 90.4 cm³/mol. The first-order chi connectivity index (χ1) is 11.2. The van der Waals surface area contributed by atoms with Crippen molar-refractivity contribution in [2.24, 2.45) is 11.3 Å². The van der Waals surface area contributed by atoms with E-state index in [1.54, 1.807) is 6.92 Å². The highest BCUT2D eigenvalue weighted by Crippen LogP contribution is 2.61. The number of ether oxygens (including phenoxy) is 1. The van der Waals surface area contributed by atoms with E-state index in [1.807, 2.05) is 0 Å². The average molecular weight is 330 g/mol. The minimum absolute atomic E-state index is 0.0289. The van der Waals surface area contributed by atoms with Gasteiger partial charge in [0.25, 0.3) is 0 Å². The number of rotatable bonds is 0. The predicted octanol–water partition coefficient (Wildman–Crippen LogP) is 4.36. The van der Waals surface area contributed by atoms with Gasteiger partial charge in [-0.15, -0.1) is 0 Å². The van der Waals surface area contributed by atoms with Crippen molar-refractivity contribution in [3.8, 4) is 11.5 Å². The third-order valence-electron chi connectivity index (χ3n) is 6.97. The highest BCUT2D eigenvalue weighted by Gasteiger charge is 2.53. The molecule has 1 aliphatic heterocycles. The van der Waals surface area contributed by atoms with Crippen LogP contribution in [0.15, 0.2) is 0 Å². The zero-order valence-electron chi connectivity index (χ0n) is 14.9. The fourth-order valence-electron chi connectivity index (χ4n) is 5.99. The number of carbonyl (C=O) groups excluding carboxylic acids is 1. The molecule has 4 heteroatoms. The quantitative estimate of drug-likeness (QED) is 0.548. The van der Waals surface area contributed by atoms with E-state index in [0.29, 0.717) is 17.0 Å². The summed E-state index contributed by atoms with van der Waals surface area (Å²) in [6.07, 6.45) is 4.52. The van der Waals surface area contributed by atoms with E-state index in [2.05, 4.69) is 20.8 Å². The maximum atomic E-state index is 12.4. The number of hydrogen-bond acceptors (Lipinski definition) is 4. The normalized spacial score (nSPS) is 33.4. The summed E-state index contributed by atoms with van der Waals surface area (Å²) in [5.41, 5.74) is 2.67. The number of phenols is 2. The number of hydrogen-bond donors (Lipinski definition) is 2. The number of benzene rings is 1. The Labute approximate surface area is 142 Å². The van der Waals surface area contributed by atoms with Gasteiger partial charge in [0.2, 0.25) is 0 Å². The van der Waals surface area contributed by atoms with Crippen LogP contribution < -0.4 is 0 Å². The maximum Gasteiger partial charge on any atom is 0.339 e. The Kier molecular flexibility index (Phi) is 3.08. The van der Waals surface area contributed by atoms with Crippen LogP contribution >= 0.6 is 0 Å². The second kappa shape index (κ2) is 4.68. The Morgan fingerprint density at radius 1 is 1.12 bits per heavy atom. The molecule has 0 aromatic heterocycles. The molecule has 1 aromatic rings. The lowest BCUT2D eigenvalue weighted by atomic mass is 9.50. The second-order valence-corrected chi connectivity index (χ2v) is 8.74. The third-order valence-corrected chi connectivity index (χ3v) is 6.97. The van der Waals surface area contributed by atoms with Gasteiger partial charge in [-0.2, -0.15) is 0 Å². The molecule has 130 valence electrons. The van der Waals surface area contributed by atoms with Gasteiger partial charge in [-0.25, -0.2) is 4.79 Å². The molecule has 1 heterocycles. The Morgan fingerprint density at radius 3 is 2.54 bits per heavy atom. The molecule has 2 aliphatic carbocycles. The molecule has 0 spiro atoms. The fraction of sp³-hybridized carbons (Fsp3) is 0.650. The van der Waals surface area contributed by atoms with Gasteiger partial charge in [-0.3, -0.25) is 0 Å². The minimum atomic E-state index is -0.503. The van der Waals surface area contributed by atoms with Crippen molar-refractivity contribution < 1.29 is 19.7 Å². The molecule has 0 amide bonds. The van der Waals surface area contributed by atoms with E-state index < -0.39 is 6.10 Å². The van der Waals surface area contributed by atoms with Gasteiger partial charge in [0, 0.05) is 5.56 Å². The highest BCUT2D eigenvalue weighted by molar-refractivity contribution is 5.98.